The average molecular weight is 283 g/mol. The first kappa shape index (κ1) is 18.0. The molecule has 1 unspecified atom stereocenters. The molecule has 0 aromatic carbocycles. The van der Waals surface area contributed by atoms with Crippen LogP contribution in [0.5, 0.6) is 0 Å². The minimum absolute atomic E-state index is 0.364. The number of nitrogens with zero attached hydrogens (tertiary/aromatic N) is 1. The summed E-state index contributed by atoms with van der Waals surface area (Å²) in [6.07, 6.45) is 6.61. The van der Waals surface area contributed by atoms with Crippen LogP contribution in [0.15, 0.2) is 0 Å². The van der Waals surface area contributed by atoms with E-state index in [1.54, 1.807) is 0 Å². The molecule has 1 aliphatic rings. The van der Waals surface area contributed by atoms with Gasteiger partial charge in [0.1, 0.15) is 0 Å². The van der Waals surface area contributed by atoms with Gasteiger partial charge in [-0.2, -0.15) is 0 Å². The van der Waals surface area contributed by atoms with Gasteiger partial charge >= 0.3 is 0 Å². The predicted molar refractivity (Wildman–Crippen MR) is 90.2 cm³/mol. The van der Waals surface area contributed by atoms with Gasteiger partial charge in [-0.1, -0.05) is 48.0 Å². The largest absolute Gasteiger partial charge is 0.313 e. The van der Waals surface area contributed by atoms with Gasteiger partial charge in [0.15, 0.2) is 0 Å². The monoisotopic (exact) mass is 282 g/mol. The summed E-state index contributed by atoms with van der Waals surface area (Å²) in [5.41, 5.74) is 0.975. The van der Waals surface area contributed by atoms with Gasteiger partial charge < -0.3 is 10.2 Å². The lowest BCUT2D eigenvalue weighted by molar-refractivity contribution is 0.105. The van der Waals surface area contributed by atoms with E-state index in [0.29, 0.717) is 16.9 Å². The van der Waals surface area contributed by atoms with E-state index in [1.807, 2.05) is 0 Å². The topological polar surface area (TPSA) is 15.3 Å². The zero-order valence-electron chi connectivity index (χ0n) is 14.9. The van der Waals surface area contributed by atoms with Crippen LogP contribution in [0.4, 0.5) is 0 Å². The molecule has 1 heterocycles. The van der Waals surface area contributed by atoms with Crippen LogP contribution in [0.2, 0.25) is 0 Å². The Labute approximate surface area is 127 Å². The first-order valence-corrected chi connectivity index (χ1v) is 8.76. The molecule has 0 amide bonds. The van der Waals surface area contributed by atoms with Gasteiger partial charge in [0.05, 0.1) is 0 Å². The van der Waals surface area contributed by atoms with Gasteiger partial charge in [0.2, 0.25) is 0 Å². The summed E-state index contributed by atoms with van der Waals surface area (Å²) in [6, 6.07) is 0.641. The summed E-state index contributed by atoms with van der Waals surface area (Å²) in [6.45, 7) is 19.2. The standard InChI is InChI=1S/C18H38N2/c1-7-12-19-16(17(3,4)5)9-13-20-14-10-18(6,8-2)11-15-20/h16,19H,7-15H2,1-6H3. The Morgan fingerprint density at radius 3 is 2.20 bits per heavy atom. The molecule has 0 radical (unpaired) electrons. The first-order valence-electron chi connectivity index (χ1n) is 8.76. The third-order valence-electron chi connectivity index (χ3n) is 5.34. The molecule has 120 valence electrons. The van der Waals surface area contributed by atoms with Crippen LogP contribution >= 0.6 is 0 Å². The molecule has 20 heavy (non-hydrogen) atoms. The van der Waals surface area contributed by atoms with Crippen molar-refractivity contribution < 1.29 is 0 Å². The van der Waals surface area contributed by atoms with Crippen molar-refractivity contribution >= 4 is 0 Å². The van der Waals surface area contributed by atoms with E-state index in [4.69, 9.17) is 0 Å². The highest BCUT2D eigenvalue weighted by Crippen LogP contribution is 2.34. The SMILES string of the molecule is CCCNC(CCN1CCC(C)(CC)CC1)C(C)(C)C. The van der Waals surface area contributed by atoms with E-state index in [9.17, 15) is 0 Å². The second kappa shape index (κ2) is 7.79. The summed E-state index contributed by atoms with van der Waals surface area (Å²) in [4.78, 5) is 2.68. The molecule has 1 saturated heterocycles. The number of piperidine rings is 1. The lowest BCUT2D eigenvalue weighted by Crippen LogP contribution is -2.45. The molecule has 0 spiro atoms. The molecule has 1 N–H and O–H groups in total. The Morgan fingerprint density at radius 1 is 1.15 bits per heavy atom. The van der Waals surface area contributed by atoms with Crippen LogP contribution < -0.4 is 5.32 Å². The van der Waals surface area contributed by atoms with Gasteiger partial charge in [0, 0.05) is 6.04 Å². The van der Waals surface area contributed by atoms with Crippen LogP contribution in [-0.2, 0) is 0 Å². The normalized spacial score (nSPS) is 21.9. The first-order chi connectivity index (χ1) is 9.30. The molecule has 1 rings (SSSR count). The van der Waals surface area contributed by atoms with E-state index >= 15 is 0 Å². The van der Waals surface area contributed by atoms with E-state index in [0.717, 1.165) is 6.54 Å². The summed E-state index contributed by atoms with van der Waals surface area (Å²) in [7, 11) is 0. The van der Waals surface area contributed by atoms with Crippen molar-refractivity contribution in [3.05, 3.63) is 0 Å². The highest BCUT2D eigenvalue weighted by atomic mass is 15.1. The second-order valence-electron chi connectivity index (χ2n) is 8.17. The summed E-state index contributed by atoms with van der Waals surface area (Å²) >= 11 is 0. The van der Waals surface area contributed by atoms with Gasteiger partial charge in [-0.3, -0.25) is 0 Å². The van der Waals surface area contributed by atoms with Crippen LogP contribution in [-0.4, -0.2) is 37.1 Å². The van der Waals surface area contributed by atoms with E-state index < -0.39 is 0 Å². The fourth-order valence-corrected chi connectivity index (χ4v) is 3.14. The fourth-order valence-electron chi connectivity index (χ4n) is 3.14. The number of likely N-dealkylation sites (tertiary alicyclic amines) is 1. The molecule has 0 aliphatic carbocycles. The number of nitrogens with one attached hydrogen (secondary N) is 1. The Morgan fingerprint density at radius 2 is 1.75 bits per heavy atom. The molecule has 1 fully saturated rings. The van der Waals surface area contributed by atoms with Crippen LogP contribution in [0.25, 0.3) is 0 Å². The molecule has 0 bridgehead atoms. The van der Waals surface area contributed by atoms with Gasteiger partial charge in [-0.15, -0.1) is 0 Å². The third kappa shape index (κ3) is 5.73. The summed E-state index contributed by atoms with van der Waals surface area (Å²) in [5.74, 6) is 0. The summed E-state index contributed by atoms with van der Waals surface area (Å²) in [5, 5.41) is 3.75. The Hall–Kier alpha value is -0.0800. The molecule has 0 aromatic heterocycles. The molecular weight excluding hydrogens is 244 g/mol. The van der Waals surface area contributed by atoms with Crippen LogP contribution in [0, 0.1) is 10.8 Å². The highest BCUT2D eigenvalue weighted by molar-refractivity contribution is 4.84. The predicted octanol–water partition coefficient (Wildman–Crippen LogP) is 4.30. The maximum Gasteiger partial charge on any atom is 0.0128 e. The zero-order chi connectivity index (χ0) is 15.2. The van der Waals surface area contributed by atoms with Crippen molar-refractivity contribution in [2.24, 2.45) is 10.8 Å². The quantitative estimate of drug-likeness (QED) is 0.749. The van der Waals surface area contributed by atoms with Gasteiger partial charge in [-0.05, 0) is 62.7 Å². The van der Waals surface area contributed by atoms with Crippen molar-refractivity contribution in [1.82, 2.24) is 10.2 Å². The minimum Gasteiger partial charge on any atom is -0.313 e. The molecule has 0 aromatic rings. The third-order valence-corrected chi connectivity index (χ3v) is 5.34. The second-order valence-corrected chi connectivity index (χ2v) is 8.17. The molecular formula is C18H38N2. The van der Waals surface area contributed by atoms with Crippen LogP contribution in [0.3, 0.4) is 0 Å². The zero-order valence-corrected chi connectivity index (χ0v) is 14.9. The number of hydrogen-bond acceptors (Lipinski definition) is 2. The maximum absolute atomic E-state index is 3.75. The van der Waals surface area contributed by atoms with Crippen molar-refractivity contribution in [3.63, 3.8) is 0 Å². The van der Waals surface area contributed by atoms with E-state index in [2.05, 4.69) is 51.8 Å². The van der Waals surface area contributed by atoms with E-state index in [-0.39, 0.29) is 0 Å². The van der Waals surface area contributed by atoms with Crippen molar-refractivity contribution in [2.75, 3.05) is 26.2 Å². The molecule has 2 nitrogen and oxygen atoms in total. The van der Waals surface area contributed by atoms with E-state index in [1.165, 1.54) is 51.7 Å². The van der Waals surface area contributed by atoms with Gasteiger partial charge in [-0.25, -0.2) is 0 Å². The lowest BCUT2D eigenvalue weighted by atomic mass is 9.78. The van der Waals surface area contributed by atoms with Crippen molar-refractivity contribution in [2.45, 2.75) is 79.7 Å². The maximum atomic E-state index is 3.75. The minimum atomic E-state index is 0.364. The fraction of sp³-hybridized carbons (Fsp3) is 1.00. The summed E-state index contributed by atoms with van der Waals surface area (Å²) < 4.78 is 0. The highest BCUT2D eigenvalue weighted by Gasteiger charge is 2.29. The van der Waals surface area contributed by atoms with Gasteiger partial charge in [0.25, 0.3) is 0 Å². The lowest BCUT2D eigenvalue weighted by Gasteiger charge is -2.40. The van der Waals surface area contributed by atoms with Crippen molar-refractivity contribution in [1.29, 1.82) is 0 Å². The average Bonchev–Trinajstić information content (AvgIpc) is 2.39. The molecule has 2 heteroatoms. The number of hydrogen-bond donors (Lipinski definition) is 1. The molecule has 0 saturated carbocycles. The smallest absolute Gasteiger partial charge is 0.0128 e. The Balaban J connectivity index is 2.37. The molecule has 1 aliphatic heterocycles. The Kier molecular flexibility index (Phi) is 7.00. The van der Waals surface area contributed by atoms with Crippen LogP contribution in [0.1, 0.15) is 73.6 Å². The Bertz CT molecular complexity index is 259. The molecule has 1 atom stereocenters. The van der Waals surface area contributed by atoms with Crippen molar-refractivity contribution in [3.8, 4) is 0 Å². The number of rotatable bonds is 7.